The van der Waals surface area contributed by atoms with Crippen molar-refractivity contribution in [2.45, 2.75) is 6.92 Å². The van der Waals surface area contributed by atoms with Crippen LogP contribution in [0, 0.1) is 0 Å². The first-order valence-electron chi connectivity index (χ1n) is 4.55. The Hall–Kier alpha value is -1.19. The van der Waals surface area contributed by atoms with Gasteiger partial charge in [0.1, 0.15) is 0 Å². The van der Waals surface area contributed by atoms with Crippen LogP contribution >= 0.6 is 23.2 Å². The van der Waals surface area contributed by atoms with Gasteiger partial charge < -0.3 is 9.84 Å². The van der Waals surface area contributed by atoms with E-state index in [2.05, 4.69) is 4.74 Å². The minimum atomic E-state index is -0.691. The van der Waals surface area contributed by atoms with E-state index in [-0.39, 0.29) is 17.2 Å². The highest BCUT2D eigenvalue weighted by Gasteiger charge is 2.02. The van der Waals surface area contributed by atoms with Crippen LogP contribution in [-0.2, 0) is 9.53 Å². The molecule has 0 saturated heterocycles. The molecule has 3 nitrogen and oxygen atoms in total. The summed E-state index contributed by atoms with van der Waals surface area (Å²) in [5.74, 6) is -1.21. The molecule has 1 rings (SSSR count). The van der Waals surface area contributed by atoms with Gasteiger partial charge in [-0.05, 0) is 30.7 Å². The lowest BCUT2D eigenvalue weighted by Crippen LogP contribution is -2.08. The summed E-state index contributed by atoms with van der Waals surface area (Å²) in [6.45, 7) is 1.87. The van der Waals surface area contributed by atoms with Gasteiger partial charge >= 0.3 is 5.97 Å². The molecule has 0 aromatic heterocycles. The Morgan fingerprint density at radius 1 is 1.50 bits per heavy atom. The van der Waals surface area contributed by atoms with Crippen molar-refractivity contribution >= 4 is 34.9 Å². The molecule has 0 radical (unpaired) electrons. The van der Waals surface area contributed by atoms with Gasteiger partial charge in [0.05, 0.1) is 6.61 Å². The molecule has 5 heteroatoms. The first kappa shape index (κ1) is 12.9. The zero-order chi connectivity index (χ0) is 12.1. The van der Waals surface area contributed by atoms with Crippen LogP contribution in [0.15, 0.2) is 24.3 Å². The van der Waals surface area contributed by atoms with Gasteiger partial charge in [-0.2, -0.15) is 0 Å². The fourth-order valence-electron chi connectivity index (χ4n) is 1.06. The molecule has 0 heterocycles. The van der Waals surface area contributed by atoms with Gasteiger partial charge in [-0.1, -0.05) is 29.0 Å². The SMILES string of the molecule is CCOC(=O)/C=C(\[O-])c1cc(Cl)ccc1Cl. The predicted molar refractivity (Wildman–Crippen MR) is 61.1 cm³/mol. The highest BCUT2D eigenvalue weighted by atomic mass is 35.5. The fourth-order valence-corrected chi connectivity index (χ4v) is 1.44. The lowest BCUT2D eigenvalue weighted by Gasteiger charge is -2.13. The van der Waals surface area contributed by atoms with Crippen LogP contribution in [0.2, 0.25) is 10.0 Å². The highest BCUT2D eigenvalue weighted by molar-refractivity contribution is 6.34. The second-order valence-corrected chi connectivity index (χ2v) is 3.73. The number of rotatable bonds is 3. The van der Waals surface area contributed by atoms with Crippen molar-refractivity contribution in [2.75, 3.05) is 6.61 Å². The lowest BCUT2D eigenvalue weighted by molar-refractivity contribution is -0.244. The standard InChI is InChI=1S/C11H10Cl2O3/c1-2-16-11(15)6-10(14)8-5-7(12)3-4-9(8)13/h3-6,14H,2H2,1H3/p-1/b10-6-. The molecule has 0 amide bonds. The van der Waals surface area contributed by atoms with Gasteiger partial charge in [-0.25, -0.2) is 4.79 Å². The van der Waals surface area contributed by atoms with Crippen LogP contribution in [0.25, 0.3) is 5.76 Å². The number of ether oxygens (including phenoxy) is 1. The zero-order valence-electron chi connectivity index (χ0n) is 8.50. The minimum absolute atomic E-state index is 0.183. The normalized spacial score (nSPS) is 11.3. The third-order valence-electron chi connectivity index (χ3n) is 1.73. The van der Waals surface area contributed by atoms with Gasteiger partial charge in [0.25, 0.3) is 0 Å². The molecule has 0 fully saturated rings. The summed E-state index contributed by atoms with van der Waals surface area (Å²) in [6, 6.07) is 4.46. The van der Waals surface area contributed by atoms with E-state index in [9.17, 15) is 9.90 Å². The molecule has 1 aromatic carbocycles. The molecule has 0 spiro atoms. The summed E-state index contributed by atoms with van der Waals surface area (Å²) < 4.78 is 4.61. The van der Waals surface area contributed by atoms with E-state index in [1.54, 1.807) is 13.0 Å². The number of esters is 1. The van der Waals surface area contributed by atoms with Crippen LogP contribution in [0.3, 0.4) is 0 Å². The quantitative estimate of drug-likeness (QED) is 0.475. The number of hydrogen-bond donors (Lipinski definition) is 0. The van der Waals surface area contributed by atoms with E-state index in [1.165, 1.54) is 12.1 Å². The molecule has 0 aliphatic heterocycles. The minimum Gasteiger partial charge on any atom is -0.872 e. The van der Waals surface area contributed by atoms with Crippen molar-refractivity contribution in [3.05, 3.63) is 39.9 Å². The predicted octanol–water partition coefficient (Wildman–Crippen LogP) is 2.26. The summed E-state index contributed by atoms with van der Waals surface area (Å²) in [7, 11) is 0. The fraction of sp³-hybridized carbons (Fsp3) is 0.182. The van der Waals surface area contributed by atoms with Crippen LogP contribution in [0.4, 0.5) is 0 Å². The molecule has 1 aromatic rings. The van der Waals surface area contributed by atoms with Crippen LogP contribution in [-0.4, -0.2) is 12.6 Å². The van der Waals surface area contributed by atoms with Crippen molar-refractivity contribution in [3.8, 4) is 0 Å². The Labute approximate surface area is 103 Å². The van der Waals surface area contributed by atoms with Gasteiger partial charge in [-0.15, -0.1) is 0 Å². The Bertz CT molecular complexity index is 427. The average molecular weight is 260 g/mol. The van der Waals surface area contributed by atoms with E-state index >= 15 is 0 Å². The van der Waals surface area contributed by atoms with Gasteiger partial charge in [0.2, 0.25) is 0 Å². The van der Waals surface area contributed by atoms with E-state index in [0.29, 0.717) is 5.02 Å². The van der Waals surface area contributed by atoms with Crippen molar-refractivity contribution < 1.29 is 14.6 Å². The van der Waals surface area contributed by atoms with Gasteiger partial charge in [0.15, 0.2) is 0 Å². The van der Waals surface area contributed by atoms with E-state index in [4.69, 9.17) is 23.2 Å². The highest BCUT2D eigenvalue weighted by Crippen LogP contribution is 2.24. The Morgan fingerprint density at radius 2 is 2.19 bits per heavy atom. The second kappa shape index (κ2) is 5.77. The molecule has 0 saturated carbocycles. The molecule has 86 valence electrons. The topological polar surface area (TPSA) is 49.4 Å². The third kappa shape index (κ3) is 3.43. The number of benzene rings is 1. The maximum absolute atomic E-state index is 11.6. The van der Waals surface area contributed by atoms with Gasteiger partial charge in [0, 0.05) is 16.1 Å². The molecule has 0 atom stereocenters. The zero-order valence-corrected chi connectivity index (χ0v) is 10.0. The summed E-state index contributed by atoms with van der Waals surface area (Å²) >= 11 is 11.5. The molecular weight excluding hydrogens is 251 g/mol. The summed E-state index contributed by atoms with van der Waals surface area (Å²) in [6.07, 6.45) is 0.848. The lowest BCUT2D eigenvalue weighted by atomic mass is 10.2. The van der Waals surface area contributed by atoms with Gasteiger partial charge in [-0.3, -0.25) is 0 Å². The number of halogens is 2. The number of carbonyl (C=O) groups is 1. The van der Waals surface area contributed by atoms with Crippen molar-refractivity contribution in [3.63, 3.8) is 0 Å². The average Bonchev–Trinajstić information content (AvgIpc) is 2.21. The first-order valence-corrected chi connectivity index (χ1v) is 5.31. The van der Waals surface area contributed by atoms with Crippen molar-refractivity contribution in [1.29, 1.82) is 0 Å². The van der Waals surface area contributed by atoms with E-state index < -0.39 is 11.7 Å². The summed E-state index contributed by atoms with van der Waals surface area (Å²) in [5, 5.41) is 12.2. The third-order valence-corrected chi connectivity index (χ3v) is 2.29. The Morgan fingerprint density at radius 3 is 2.81 bits per heavy atom. The van der Waals surface area contributed by atoms with Crippen LogP contribution < -0.4 is 5.11 Å². The molecule has 16 heavy (non-hydrogen) atoms. The van der Waals surface area contributed by atoms with Crippen LogP contribution in [0.5, 0.6) is 0 Å². The maximum Gasteiger partial charge on any atom is 0.330 e. The molecule has 0 N–H and O–H groups in total. The number of hydrogen-bond acceptors (Lipinski definition) is 3. The summed E-state index contributed by atoms with van der Waals surface area (Å²) in [5.41, 5.74) is 0.183. The second-order valence-electron chi connectivity index (χ2n) is 2.88. The maximum atomic E-state index is 11.6. The number of carbonyl (C=O) groups excluding carboxylic acids is 1. The molecule has 0 aliphatic rings. The first-order chi connectivity index (χ1) is 7.54. The van der Waals surface area contributed by atoms with E-state index in [1.807, 2.05) is 0 Å². The van der Waals surface area contributed by atoms with E-state index in [0.717, 1.165) is 6.08 Å². The molecular formula is C11H9Cl2O3-. The monoisotopic (exact) mass is 259 g/mol. The van der Waals surface area contributed by atoms with Crippen molar-refractivity contribution in [2.24, 2.45) is 0 Å². The Kier molecular flexibility index (Phi) is 4.65. The smallest absolute Gasteiger partial charge is 0.330 e. The van der Waals surface area contributed by atoms with Crippen LogP contribution in [0.1, 0.15) is 12.5 Å². The van der Waals surface area contributed by atoms with Crippen molar-refractivity contribution in [1.82, 2.24) is 0 Å². The Balaban J connectivity index is 2.99. The summed E-state index contributed by atoms with van der Waals surface area (Å²) in [4.78, 5) is 11.0. The molecule has 0 aliphatic carbocycles. The molecule has 0 bridgehead atoms. The molecule has 0 unspecified atom stereocenters. The largest absolute Gasteiger partial charge is 0.872 e.